The Labute approximate surface area is 291 Å². The summed E-state index contributed by atoms with van der Waals surface area (Å²) in [7, 11) is 0. The van der Waals surface area contributed by atoms with Crippen LogP contribution in [0.15, 0.2) is 109 Å². The number of benzene rings is 7. The smallest absolute Gasteiger partial charge is 0.0159 e. The normalized spacial score (nSPS) is 14.0. The van der Waals surface area contributed by atoms with Crippen molar-refractivity contribution in [3.63, 3.8) is 0 Å². The molecule has 0 saturated carbocycles. The third kappa shape index (κ3) is 4.10. The average molecular weight is 633 g/mol. The number of rotatable bonds is 3. The first kappa shape index (κ1) is 30.1. The second-order valence-corrected chi connectivity index (χ2v) is 16.1. The average Bonchev–Trinajstić information content (AvgIpc) is 3.53. The number of hydrogen-bond donors (Lipinski definition) is 0. The minimum atomic E-state index is -0.105. The van der Waals surface area contributed by atoms with Gasteiger partial charge in [-0.25, -0.2) is 0 Å². The Kier molecular flexibility index (Phi) is 6.33. The van der Waals surface area contributed by atoms with Crippen LogP contribution in [0, 0.1) is 13.8 Å². The van der Waals surface area contributed by atoms with Crippen LogP contribution in [-0.2, 0) is 17.3 Å². The molecule has 0 heterocycles. The summed E-state index contributed by atoms with van der Waals surface area (Å²) in [6.07, 6.45) is 1.04. The van der Waals surface area contributed by atoms with E-state index in [0.717, 1.165) is 6.42 Å². The molecule has 49 heavy (non-hydrogen) atoms. The van der Waals surface area contributed by atoms with Gasteiger partial charge in [-0.1, -0.05) is 145 Å². The molecule has 0 saturated heterocycles. The zero-order chi connectivity index (χ0) is 34.0. The topological polar surface area (TPSA) is 0 Å². The summed E-state index contributed by atoms with van der Waals surface area (Å²) >= 11 is 0. The first-order valence-corrected chi connectivity index (χ1v) is 18.0. The number of hydrogen-bond acceptors (Lipinski definition) is 0. The van der Waals surface area contributed by atoms with Crippen LogP contribution in [0.3, 0.4) is 0 Å². The van der Waals surface area contributed by atoms with Gasteiger partial charge >= 0.3 is 0 Å². The van der Waals surface area contributed by atoms with E-state index >= 15 is 0 Å². The molecule has 7 aromatic rings. The highest BCUT2D eigenvalue weighted by molar-refractivity contribution is 6.28. The van der Waals surface area contributed by atoms with Gasteiger partial charge in [0.2, 0.25) is 0 Å². The van der Waals surface area contributed by atoms with Gasteiger partial charge in [0.05, 0.1) is 0 Å². The minimum Gasteiger partial charge on any atom is -0.0617 e. The lowest BCUT2D eigenvalue weighted by Crippen LogP contribution is -2.18. The zero-order valence-electron chi connectivity index (χ0n) is 30.1. The molecule has 0 fully saturated rings. The van der Waals surface area contributed by atoms with E-state index in [1.54, 1.807) is 0 Å². The summed E-state index contributed by atoms with van der Waals surface area (Å²) in [5, 5.41) is 5.34. The van der Waals surface area contributed by atoms with Gasteiger partial charge in [0, 0.05) is 5.41 Å². The van der Waals surface area contributed by atoms with Gasteiger partial charge in [0.15, 0.2) is 0 Å². The van der Waals surface area contributed by atoms with Gasteiger partial charge in [-0.3, -0.25) is 0 Å². The first-order chi connectivity index (χ1) is 23.5. The maximum atomic E-state index is 2.56. The predicted molar refractivity (Wildman–Crippen MR) is 212 cm³/mol. The highest BCUT2D eigenvalue weighted by atomic mass is 14.4. The number of aryl methyl sites for hydroxylation is 3. The van der Waals surface area contributed by atoms with E-state index in [1.165, 1.54) is 111 Å². The van der Waals surface area contributed by atoms with Gasteiger partial charge in [-0.05, 0) is 142 Å². The van der Waals surface area contributed by atoms with E-state index in [4.69, 9.17) is 0 Å². The van der Waals surface area contributed by atoms with E-state index in [-0.39, 0.29) is 10.8 Å². The van der Waals surface area contributed by atoms with Gasteiger partial charge in [-0.15, -0.1) is 0 Å². The van der Waals surface area contributed by atoms with Crippen LogP contribution >= 0.6 is 0 Å². The monoisotopic (exact) mass is 632 g/mol. The maximum Gasteiger partial charge on any atom is 0.0159 e. The zero-order valence-corrected chi connectivity index (χ0v) is 30.1. The third-order valence-corrected chi connectivity index (χ3v) is 11.8. The van der Waals surface area contributed by atoms with Crippen molar-refractivity contribution in [1.82, 2.24) is 0 Å². The molecule has 0 amide bonds. The predicted octanol–water partition coefficient (Wildman–Crippen LogP) is 13.8. The Morgan fingerprint density at radius 2 is 1.12 bits per heavy atom. The fraction of sp³-hybridized carbons (Fsp3) is 0.224. The second kappa shape index (κ2) is 10.3. The van der Waals surface area contributed by atoms with E-state index in [1.807, 2.05) is 0 Å². The van der Waals surface area contributed by atoms with Crippen LogP contribution in [0.2, 0.25) is 0 Å². The summed E-state index contributed by atoms with van der Waals surface area (Å²) in [5.41, 5.74) is 21.9. The fourth-order valence-corrected chi connectivity index (χ4v) is 9.23. The summed E-state index contributed by atoms with van der Waals surface area (Å²) in [4.78, 5) is 0. The standard InChI is InChI=1S/C49H44/c1-9-30-23-24-35-39(25-30)49(7,8)40-27-32(48(4,5)6)26-38(43(35)40)44-33-19-10-11-20-34(33)45(41-28(2)15-12-16-29(41)3)47-37-22-14-18-31-17-13-21-36(42(31)37)46(44)47/h10-27H,9H2,1-8H3. The van der Waals surface area contributed by atoms with Crippen molar-refractivity contribution in [3.05, 3.63) is 143 Å². The van der Waals surface area contributed by atoms with E-state index in [9.17, 15) is 0 Å². The fourth-order valence-electron chi connectivity index (χ4n) is 9.23. The second-order valence-electron chi connectivity index (χ2n) is 16.1. The lowest BCUT2D eigenvalue weighted by atomic mass is 9.75. The molecule has 0 atom stereocenters. The Bertz CT molecular complexity index is 2520. The molecular formula is C49H44. The molecule has 240 valence electrons. The van der Waals surface area contributed by atoms with Crippen molar-refractivity contribution < 1.29 is 0 Å². The molecule has 2 aliphatic rings. The SMILES string of the molecule is CCc1ccc2c(c1)C(C)(C)c1cc(C(C)(C)C)cc(-c3c4c(c(-c5c(C)cccc5C)c5ccccc35)-c3cccc5cccc-4c35)c1-2. The van der Waals surface area contributed by atoms with Crippen LogP contribution in [-0.4, -0.2) is 0 Å². The van der Waals surface area contributed by atoms with Crippen molar-refractivity contribution in [2.75, 3.05) is 0 Å². The van der Waals surface area contributed by atoms with Crippen molar-refractivity contribution >= 4 is 21.5 Å². The molecule has 0 aliphatic heterocycles. The molecule has 0 bridgehead atoms. The van der Waals surface area contributed by atoms with Crippen LogP contribution in [0.1, 0.15) is 74.9 Å². The molecule has 0 aromatic heterocycles. The van der Waals surface area contributed by atoms with Crippen molar-refractivity contribution in [2.24, 2.45) is 0 Å². The summed E-state index contributed by atoms with van der Waals surface area (Å²) in [6.45, 7) is 18.8. The highest BCUT2D eigenvalue weighted by Gasteiger charge is 2.40. The Morgan fingerprint density at radius 3 is 1.76 bits per heavy atom. The Hall–Kier alpha value is -4.94. The van der Waals surface area contributed by atoms with Gasteiger partial charge < -0.3 is 0 Å². The summed E-state index contributed by atoms with van der Waals surface area (Å²) in [5.74, 6) is 0. The van der Waals surface area contributed by atoms with Crippen molar-refractivity contribution in [3.8, 4) is 55.6 Å². The van der Waals surface area contributed by atoms with Crippen molar-refractivity contribution in [1.29, 1.82) is 0 Å². The van der Waals surface area contributed by atoms with E-state index in [0.29, 0.717) is 0 Å². The van der Waals surface area contributed by atoms with E-state index in [2.05, 4.69) is 165 Å². The summed E-state index contributed by atoms with van der Waals surface area (Å²) < 4.78 is 0. The first-order valence-electron chi connectivity index (χ1n) is 18.0. The summed E-state index contributed by atoms with van der Waals surface area (Å²) in [6, 6.07) is 42.2. The van der Waals surface area contributed by atoms with Gasteiger partial charge in [0.1, 0.15) is 0 Å². The van der Waals surface area contributed by atoms with Gasteiger partial charge in [-0.2, -0.15) is 0 Å². The molecule has 0 N–H and O–H groups in total. The molecule has 7 aromatic carbocycles. The number of fused-ring (bicyclic) bond motifs is 7. The van der Waals surface area contributed by atoms with Crippen LogP contribution in [0.4, 0.5) is 0 Å². The molecule has 0 spiro atoms. The third-order valence-electron chi connectivity index (χ3n) is 11.8. The maximum absolute atomic E-state index is 2.56. The molecule has 2 aliphatic carbocycles. The molecule has 0 heteroatoms. The van der Waals surface area contributed by atoms with Crippen LogP contribution in [0.5, 0.6) is 0 Å². The van der Waals surface area contributed by atoms with E-state index < -0.39 is 0 Å². The quantitative estimate of drug-likeness (QED) is 0.182. The molecule has 0 radical (unpaired) electrons. The van der Waals surface area contributed by atoms with Crippen LogP contribution < -0.4 is 0 Å². The Balaban J connectivity index is 1.54. The molecule has 0 unspecified atom stereocenters. The highest BCUT2D eigenvalue weighted by Crippen LogP contribution is 2.61. The van der Waals surface area contributed by atoms with Crippen LogP contribution in [0.25, 0.3) is 77.2 Å². The minimum absolute atomic E-state index is 0.0105. The molecular weight excluding hydrogens is 589 g/mol. The lowest BCUT2D eigenvalue weighted by Gasteiger charge is -2.28. The Morgan fingerprint density at radius 1 is 0.510 bits per heavy atom. The molecule has 0 nitrogen and oxygen atoms in total. The molecule has 9 rings (SSSR count). The van der Waals surface area contributed by atoms with Gasteiger partial charge in [0.25, 0.3) is 0 Å². The lowest BCUT2D eigenvalue weighted by molar-refractivity contribution is 0.585. The van der Waals surface area contributed by atoms with Crippen molar-refractivity contribution in [2.45, 2.75) is 72.6 Å². The largest absolute Gasteiger partial charge is 0.0617 e.